The lowest BCUT2D eigenvalue weighted by Gasteiger charge is -2.35. The summed E-state index contributed by atoms with van der Waals surface area (Å²) >= 11 is 18.3. The number of piperazine rings is 1. The second-order valence-electron chi connectivity index (χ2n) is 9.30. The van der Waals surface area contributed by atoms with Crippen molar-refractivity contribution in [2.45, 2.75) is 12.1 Å². The minimum atomic E-state index is -4.63. The molecule has 4 rings (SSSR count). The summed E-state index contributed by atoms with van der Waals surface area (Å²) in [6, 6.07) is 8.37. The number of sulfonamides is 1. The Hall–Kier alpha value is -1.92. The fourth-order valence-electron chi connectivity index (χ4n) is 4.77. The van der Waals surface area contributed by atoms with E-state index in [1.165, 1.54) is 16.4 Å². The highest BCUT2D eigenvalue weighted by Crippen LogP contribution is 2.41. The van der Waals surface area contributed by atoms with Crippen LogP contribution < -0.4 is 4.74 Å². The predicted octanol–water partition coefficient (Wildman–Crippen LogP) is 5.46. The summed E-state index contributed by atoms with van der Waals surface area (Å²) in [7, 11) is -3.34. The number of benzene rings is 2. The van der Waals surface area contributed by atoms with Crippen molar-refractivity contribution >= 4 is 50.9 Å². The van der Waals surface area contributed by atoms with Gasteiger partial charge in [0.15, 0.2) is 0 Å². The maximum Gasteiger partial charge on any atom is 0.417 e. The van der Waals surface area contributed by atoms with Crippen molar-refractivity contribution < 1.29 is 31.1 Å². The van der Waals surface area contributed by atoms with Crippen LogP contribution in [0.1, 0.15) is 17.0 Å². The highest BCUT2D eigenvalue weighted by molar-refractivity contribution is 7.88. The van der Waals surface area contributed by atoms with Crippen molar-refractivity contribution in [3.05, 3.63) is 62.6 Å². The van der Waals surface area contributed by atoms with E-state index < -0.39 is 26.8 Å². The van der Waals surface area contributed by atoms with Crippen LogP contribution in [-0.4, -0.2) is 80.7 Å². The minimum Gasteiger partial charge on any atom is -0.492 e. The molecule has 0 aliphatic carbocycles. The van der Waals surface area contributed by atoms with Gasteiger partial charge in [-0.25, -0.2) is 13.2 Å². The Morgan fingerprint density at radius 2 is 1.68 bits per heavy atom. The van der Waals surface area contributed by atoms with E-state index in [9.17, 15) is 26.4 Å². The van der Waals surface area contributed by atoms with Gasteiger partial charge in [0, 0.05) is 51.1 Å². The number of nitrogens with zero attached hydrogens (tertiary/aromatic N) is 3. The zero-order valence-corrected chi connectivity index (χ0v) is 23.3. The van der Waals surface area contributed by atoms with E-state index in [0.29, 0.717) is 16.6 Å². The number of hydrogen-bond donors (Lipinski definition) is 0. The van der Waals surface area contributed by atoms with E-state index in [4.69, 9.17) is 39.5 Å². The lowest BCUT2D eigenvalue weighted by molar-refractivity contribution is -0.137. The summed E-state index contributed by atoms with van der Waals surface area (Å²) in [6.45, 7) is 1.49. The van der Waals surface area contributed by atoms with Gasteiger partial charge in [-0.05, 0) is 29.8 Å². The fourth-order valence-corrected chi connectivity index (χ4v) is 6.19. The molecule has 2 heterocycles. The molecule has 14 heteroatoms. The Balaban J connectivity index is 1.52. The summed E-state index contributed by atoms with van der Waals surface area (Å²) in [4.78, 5) is 16.6. The summed E-state index contributed by atoms with van der Waals surface area (Å²) in [5.74, 6) is -0.634. The largest absolute Gasteiger partial charge is 0.492 e. The van der Waals surface area contributed by atoms with E-state index in [0.717, 1.165) is 17.9 Å². The molecular formula is C24H25Cl3F3N3O4S. The number of amides is 2. The van der Waals surface area contributed by atoms with Gasteiger partial charge >= 0.3 is 12.2 Å². The van der Waals surface area contributed by atoms with Crippen molar-refractivity contribution in [1.29, 1.82) is 0 Å². The Labute approximate surface area is 234 Å². The van der Waals surface area contributed by atoms with Crippen LogP contribution >= 0.6 is 34.8 Å². The van der Waals surface area contributed by atoms with Crippen LogP contribution in [0.4, 0.5) is 18.0 Å². The molecule has 0 saturated carbocycles. The number of carbonyl (C=O) groups is 1. The smallest absolute Gasteiger partial charge is 0.417 e. The van der Waals surface area contributed by atoms with Crippen LogP contribution in [0.15, 0.2) is 36.4 Å². The number of hydrogen-bond acceptors (Lipinski definition) is 4. The van der Waals surface area contributed by atoms with Gasteiger partial charge in [-0.2, -0.15) is 17.5 Å². The lowest BCUT2D eigenvalue weighted by atomic mass is 9.89. The van der Waals surface area contributed by atoms with Crippen molar-refractivity contribution in [1.82, 2.24) is 14.1 Å². The average molecular weight is 615 g/mol. The van der Waals surface area contributed by atoms with Crippen LogP contribution in [-0.2, 0) is 16.2 Å². The van der Waals surface area contributed by atoms with Crippen LogP contribution in [0.5, 0.6) is 5.75 Å². The number of rotatable bonds is 5. The number of halogens is 6. The molecule has 208 valence electrons. The van der Waals surface area contributed by atoms with Crippen LogP contribution in [0.25, 0.3) is 0 Å². The first-order valence-electron chi connectivity index (χ1n) is 11.7. The van der Waals surface area contributed by atoms with Crippen molar-refractivity contribution in [2.24, 2.45) is 5.92 Å². The van der Waals surface area contributed by atoms with Crippen molar-refractivity contribution in [3.63, 3.8) is 0 Å². The molecule has 0 aromatic heterocycles. The third-order valence-electron chi connectivity index (χ3n) is 6.78. The molecule has 2 aliphatic rings. The maximum absolute atomic E-state index is 13.3. The van der Waals surface area contributed by atoms with Gasteiger partial charge in [0.1, 0.15) is 5.75 Å². The third kappa shape index (κ3) is 6.44. The molecule has 0 unspecified atom stereocenters. The standard InChI is InChI=1S/C24H25Cl3F3N3O4S/c1-38(35,36)33-9-7-31(8-10-33)23(34)32-12-16(17(13-32)15-5-6-19(25)20(26)11-15)14-37-21-4-2-3-18(22(21)27)24(28,29)30/h2-6,11,16-17H,7-10,12-14H2,1H3/t16-,17-/m0/s1. The lowest BCUT2D eigenvalue weighted by Crippen LogP contribution is -2.53. The van der Waals surface area contributed by atoms with Gasteiger partial charge in [-0.15, -0.1) is 0 Å². The quantitative estimate of drug-likeness (QED) is 0.449. The Morgan fingerprint density at radius 3 is 2.29 bits per heavy atom. The summed E-state index contributed by atoms with van der Waals surface area (Å²) in [5, 5.41) is 0.181. The van der Waals surface area contributed by atoms with Crippen molar-refractivity contribution in [3.8, 4) is 5.75 Å². The van der Waals surface area contributed by atoms with E-state index in [1.54, 1.807) is 28.0 Å². The van der Waals surface area contributed by atoms with Crippen LogP contribution in [0.2, 0.25) is 15.1 Å². The molecule has 2 aliphatic heterocycles. The molecule has 7 nitrogen and oxygen atoms in total. The molecule has 2 saturated heterocycles. The molecule has 0 bridgehead atoms. The fraction of sp³-hybridized carbons (Fsp3) is 0.458. The van der Waals surface area contributed by atoms with Crippen molar-refractivity contribution in [2.75, 3.05) is 52.1 Å². The molecule has 0 N–H and O–H groups in total. The number of urea groups is 1. The summed E-state index contributed by atoms with van der Waals surface area (Å²) < 4.78 is 70.6. The van der Waals surface area contributed by atoms with Crippen LogP contribution in [0, 0.1) is 5.92 Å². The second-order valence-corrected chi connectivity index (χ2v) is 12.5. The second kappa shape index (κ2) is 11.3. The third-order valence-corrected chi connectivity index (χ3v) is 9.22. The maximum atomic E-state index is 13.3. The summed E-state index contributed by atoms with van der Waals surface area (Å²) in [5.41, 5.74) is -0.186. The normalized spacial score (nSPS) is 21.1. The first-order chi connectivity index (χ1) is 17.8. The zero-order valence-electron chi connectivity index (χ0n) is 20.2. The first-order valence-corrected chi connectivity index (χ1v) is 14.7. The molecule has 0 radical (unpaired) electrons. The van der Waals surface area contributed by atoms with E-state index in [1.807, 2.05) is 0 Å². The SMILES string of the molecule is CS(=O)(=O)N1CCN(C(=O)N2C[C@@H](COc3cccc(C(F)(F)F)c3Cl)[C@H](c3ccc(Cl)c(Cl)c3)C2)CC1. The van der Waals surface area contributed by atoms with Gasteiger partial charge in [-0.3, -0.25) is 0 Å². The number of carbonyl (C=O) groups excluding carboxylic acids is 1. The van der Waals surface area contributed by atoms with E-state index in [2.05, 4.69) is 0 Å². The highest BCUT2D eigenvalue weighted by atomic mass is 35.5. The highest BCUT2D eigenvalue weighted by Gasteiger charge is 2.40. The Morgan fingerprint density at radius 1 is 1.00 bits per heavy atom. The molecule has 2 aromatic rings. The minimum absolute atomic E-state index is 0.00240. The van der Waals surface area contributed by atoms with Gasteiger partial charge < -0.3 is 14.5 Å². The molecule has 2 atom stereocenters. The van der Waals surface area contributed by atoms with Gasteiger partial charge in [-0.1, -0.05) is 46.9 Å². The predicted molar refractivity (Wildman–Crippen MR) is 140 cm³/mol. The monoisotopic (exact) mass is 613 g/mol. The molecule has 0 spiro atoms. The molecular weight excluding hydrogens is 590 g/mol. The average Bonchev–Trinajstić information content (AvgIpc) is 3.27. The molecule has 38 heavy (non-hydrogen) atoms. The van der Waals surface area contributed by atoms with E-state index >= 15 is 0 Å². The van der Waals surface area contributed by atoms with Gasteiger partial charge in [0.05, 0.1) is 33.5 Å². The van der Waals surface area contributed by atoms with Crippen LogP contribution in [0.3, 0.4) is 0 Å². The summed E-state index contributed by atoms with van der Waals surface area (Å²) in [6.07, 6.45) is -3.50. The van der Waals surface area contributed by atoms with Gasteiger partial charge in [0.2, 0.25) is 10.0 Å². The number of ether oxygens (including phenoxy) is 1. The molecule has 2 fully saturated rings. The number of likely N-dealkylation sites (tertiary alicyclic amines) is 1. The first kappa shape index (κ1) is 29.1. The van der Waals surface area contributed by atoms with Gasteiger partial charge in [0.25, 0.3) is 0 Å². The van der Waals surface area contributed by atoms with E-state index in [-0.39, 0.29) is 62.9 Å². The Kier molecular flexibility index (Phi) is 8.64. The number of alkyl halides is 3. The molecule has 2 aromatic carbocycles. The zero-order chi connectivity index (χ0) is 27.8. The molecule has 2 amide bonds. The Bertz CT molecular complexity index is 1300. The topological polar surface area (TPSA) is 70.2 Å².